The summed E-state index contributed by atoms with van der Waals surface area (Å²) in [6.45, 7) is 12.7. The maximum atomic E-state index is 12.0. The average molecular weight is 320 g/mol. The Kier molecular flexibility index (Phi) is 5.82. The van der Waals surface area contributed by atoms with E-state index in [0.717, 1.165) is 44.6 Å². The van der Waals surface area contributed by atoms with Crippen LogP contribution in [0, 0.1) is 5.92 Å². The van der Waals surface area contributed by atoms with Crippen LogP contribution in [0.2, 0.25) is 0 Å². The molecule has 1 aliphatic heterocycles. The van der Waals surface area contributed by atoms with Crippen molar-refractivity contribution >= 4 is 12.3 Å². The van der Waals surface area contributed by atoms with Crippen molar-refractivity contribution in [3.63, 3.8) is 0 Å². The van der Waals surface area contributed by atoms with Crippen LogP contribution in [0.25, 0.3) is 6.20 Å². The third-order valence-electron chi connectivity index (χ3n) is 3.87. The smallest absolute Gasteiger partial charge is 0.410 e. The molecule has 6 nitrogen and oxygen atoms in total. The number of nitrogens with one attached hydrogen (secondary N) is 1. The first-order chi connectivity index (χ1) is 10.9. The molecule has 1 fully saturated rings. The van der Waals surface area contributed by atoms with Gasteiger partial charge in [-0.2, -0.15) is 5.10 Å². The van der Waals surface area contributed by atoms with Gasteiger partial charge in [-0.3, -0.25) is 0 Å². The molecule has 6 heteroatoms. The summed E-state index contributed by atoms with van der Waals surface area (Å²) in [5, 5.41) is 7.63. The monoisotopic (exact) mass is 320 g/mol. The fourth-order valence-corrected chi connectivity index (χ4v) is 2.64. The lowest BCUT2D eigenvalue weighted by Gasteiger charge is -2.33. The highest BCUT2D eigenvalue weighted by atomic mass is 16.6. The second-order valence-corrected chi connectivity index (χ2v) is 7.05. The summed E-state index contributed by atoms with van der Waals surface area (Å²) >= 11 is 0. The molecule has 1 saturated heterocycles. The molecule has 1 aromatic rings. The predicted molar refractivity (Wildman–Crippen MR) is 90.9 cm³/mol. The lowest BCUT2D eigenvalue weighted by molar-refractivity contribution is 0.0184. The van der Waals surface area contributed by atoms with Crippen LogP contribution in [-0.2, 0) is 11.3 Å². The number of ether oxygens (including phenoxy) is 1. The number of likely N-dealkylation sites (tertiary alicyclic amines) is 1. The Hall–Kier alpha value is -1.82. The van der Waals surface area contributed by atoms with Gasteiger partial charge in [-0.05, 0) is 46.1 Å². The number of hydrogen-bond donors (Lipinski definition) is 1. The van der Waals surface area contributed by atoms with Gasteiger partial charge in [0, 0.05) is 37.6 Å². The quantitative estimate of drug-likeness (QED) is 0.906. The Balaban J connectivity index is 1.66. The summed E-state index contributed by atoms with van der Waals surface area (Å²) in [4.78, 5) is 13.8. The van der Waals surface area contributed by atoms with Gasteiger partial charge < -0.3 is 15.0 Å². The minimum Gasteiger partial charge on any atom is -0.444 e. The first kappa shape index (κ1) is 17.5. The van der Waals surface area contributed by atoms with Gasteiger partial charge in [0.2, 0.25) is 0 Å². The van der Waals surface area contributed by atoms with Gasteiger partial charge in [-0.1, -0.05) is 6.58 Å². The lowest BCUT2D eigenvalue weighted by atomic mass is 9.97. The van der Waals surface area contributed by atoms with E-state index in [1.54, 1.807) is 10.9 Å². The van der Waals surface area contributed by atoms with Crippen LogP contribution >= 0.6 is 0 Å². The SMILES string of the molecule is C=Cn1cc(CNCC2CCN(C(=O)OC(C)(C)C)CC2)cn1. The molecule has 0 bridgehead atoms. The van der Waals surface area contributed by atoms with Crippen LogP contribution in [0.15, 0.2) is 19.0 Å². The Labute approximate surface area is 138 Å². The molecule has 2 heterocycles. The highest BCUT2D eigenvalue weighted by molar-refractivity contribution is 5.68. The number of nitrogens with zero attached hydrogens (tertiary/aromatic N) is 3. The minimum atomic E-state index is -0.425. The molecule has 0 atom stereocenters. The number of aromatic nitrogens is 2. The van der Waals surface area contributed by atoms with Crippen molar-refractivity contribution < 1.29 is 9.53 Å². The first-order valence-corrected chi connectivity index (χ1v) is 8.21. The fourth-order valence-electron chi connectivity index (χ4n) is 2.64. The normalized spacial score (nSPS) is 16.4. The molecule has 1 aromatic heterocycles. The van der Waals surface area contributed by atoms with Gasteiger partial charge in [0.15, 0.2) is 0 Å². The second-order valence-electron chi connectivity index (χ2n) is 7.05. The van der Waals surface area contributed by atoms with Crippen LogP contribution in [0.1, 0.15) is 39.2 Å². The summed E-state index contributed by atoms with van der Waals surface area (Å²) in [6, 6.07) is 0. The summed E-state index contributed by atoms with van der Waals surface area (Å²) in [5.74, 6) is 0.600. The summed E-state index contributed by atoms with van der Waals surface area (Å²) < 4.78 is 7.12. The van der Waals surface area contributed by atoms with Crippen molar-refractivity contribution in [1.82, 2.24) is 20.0 Å². The number of hydrogen-bond acceptors (Lipinski definition) is 4. The Morgan fingerprint density at radius 3 is 2.74 bits per heavy atom. The van der Waals surface area contributed by atoms with Crippen molar-refractivity contribution in [3.8, 4) is 0 Å². The van der Waals surface area contributed by atoms with Gasteiger partial charge in [0.1, 0.15) is 5.60 Å². The predicted octanol–water partition coefficient (Wildman–Crippen LogP) is 2.72. The van der Waals surface area contributed by atoms with Crippen LogP contribution in [0.5, 0.6) is 0 Å². The third kappa shape index (κ3) is 5.71. The maximum Gasteiger partial charge on any atom is 0.410 e. The van der Waals surface area contributed by atoms with E-state index in [-0.39, 0.29) is 6.09 Å². The highest BCUT2D eigenvalue weighted by Crippen LogP contribution is 2.19. The molecule has 128 valence electrons. The number of carbonyl (C=O) groups excluding carboxylic acids is 1. The van der Waals surface area contributed by atoms with Gasteiger partial charge in [-0.25, -0.2) is 9.48 Å². The average Bonchev–Trinajstić information content (AvgIpc) is 2.94. The molecule has 0 aromatic carbocycles. The van der Waals surface area contributed by atoms with Gasteiger partial charge in [-0.15, -0.1) is 0 Å². The topological polar surface area (TPSA) is 59.4 Å². The standard InChI is InChI=1S/C17H28N4O2/c1-5-21-13-15(12-19-21)11-18-10-14-6-8-20(9-7-14)16(22)23-17(2,3)4/h5,12-14,18H,1,6-11H2,2-4H3. The fraction of sp³-hybridized carbons (Fsp3) is 0.647. The molecule has 1 aliphatic rings. The van der Waals surface area contributed by atoms with Crippen LogP contribution < -0.4 is 5.32 Å². The number of amides is 1. The molecule has 23 heavy (non-hydrogen) atoms. The molecule has 0 aliphatic carbocycles. The Bertz CT molecular complexity index is 525. The van der Waals surface area contributed by atoms with Crippen molar-refractivity contribution in [2.24, 2.45) is 5.92 Å². The number of rotatable bonds is 5. The van der Waals surface area contributed by atoms with E-state index in [9.17, 15) is 4.79 Å². The van der Waals surface area contributed by atoms with Crippen molar-refractivity contribution in [3.05, 3.63) is 24.5 Å². The van der Waals surface area contributed by atoms with Gasteiger partial charge >= 0.3 is 6.09 Å². The Morgan fingerprint density at radius 1 is 1.48 bits per heavy atom. The van der Waals surface area contributed by atoms with E-state index in [4.69, 9.17) is 4.74 Å². The number of piperidine rings is 1. The van der Waals surface area contributed by atoms with E-state index < -0.39 is 5.60 Å². The second kappa shape index (κ2) is 7.64. The summed E-state index contributed by atoms with van der Waals surface area (Å²) in [6.07, 6.45) is 7.32. The van der Waals surface area contributed by atoms with Crippen molar-refractivity contribution in [2.45, 2.75) is 45.8 Å². The van der Waals surface area contributed by atoms with Gasteiger partial charge in [0.05, 0.1) is 6.20 Å². The third-order valence-corrected chi connectivity index (χ3v) is 3.87. The van der Waals surface area contributed by atoms with Crippen LogP contribution in [0.4, 0.5) is 4.79 Å². The molecule has 0 spiro atoms. The van der Waals surface area contributed by atoms with Crippen LogP contribution in [0.3, 0.4) is 0 Å². The molecule has 0 unspecified atom stereocenters. The number of carbonyl (C=O) groups is 1. The van der Waals surface area contributed by atoms with Crippen molar-refractivity contribution in [2.75, 3.05) is 19.6 Å². The minimum absolute atomic E-state index is 0.194. The van der Waals surface area contributed by atoms with E-state index in [1.807, 2.05) is 38.1 Å². The zero-order chi connectivity index (χ0) is 16.9. The highest BCUT2D eigenvalue weighted by Gasteiger charge is 2.26. The zero-order valence-corrected chi connectivity index (χ0v) is 14.4. The van der Waals surface area contributed by atoms with Crippen LogP contribution in [-0.4, -0.2) is 46.0 Å². The maximum absolute atomic E-state index is 12.0. The molecule has 2 rings (SSSR count). The van der Waals surface area contributed by atoms with E-state index in [0.29, 0.717) is 5.92 Å². The molecule has 1 amide bonds. The molecule has 0 radical (unpaired) electrons. The molecule has 1 N–H and O–H groups in total. The Morgan fingerprint density at radius 2 is 2.17 bits per heavy atom. The van der Waals surface area contributed by atoms with E-state index in [1.165, 1.54) is 0 Å². The van der Waals surface area contributed by atoms with E-state index in [2.05, 4.69) is 17.0 Å². The van der Waals surface area contributed by atoms with E-state index >= 15 is 0 Å². The largest absolute Gasteiger partial charge is 0.444 e. The first-order valence-electron chi connectivity index (χ1n) is 8.21. The van der Waals surface area contributed by atoms with Crippen molar-refractivity contribution in [1.29, 1.82) is 0 Å². The molecular formula is C17H28N4O2. The summed E-state index contributed by atoms with van der Waals surface area (Å²) in [7, 11) is 0. The molecular weight excluding hydrogens is 292 g/mol. The lowest BCUT2D eigenvalue weighted by Crippen LogP contribution is -2.43. The molecule has 0 saturated carbocycles. The zero-order valence-electron chi connectivity index (χ0n) is 14.4. The van der Waals surface area contributed by atoms with Gasteiger partial charge in [0.25, 0.3) is 0 Å². The summed E-state index contributed by atoms with van der Waals surface area (Å²) in [5.41, 5.74) is 0.724.